The van der Waals surface area contributed by atoms with Crippen molar-refractivity contribution in [1.29, 1.82) is 0 Å². The van der Waals surface area contributed by atoms with Gasteiger partial charge in [-0.25, -0.2) is 26.3 Å². The number of halogens is 6. The van der Waals surface area contributed by atoms with Crippen LogP contribution in [0.5, 0.6) is 0 Å². The van der Waals surface area contributed by atoms with Gasteiger partial charge in [-0.3, -0.25) is 9.59 Å². The first kappa shape index (κ1) is 36.6. The number of hydrogen-bond acceptors (Lipinski definition) is 4. The second-order valence-corrected chi connectivity index (χ2v) is 10.8. The lowest BCUT2D eigenvalue weighted by Crippen LogP contribution is -2.09. The van der Waals surface area contributed by atoms with Crippen molar-refractivity contribution in [3.05, 3.63) is 149 Å². The molecular weight excluding hydrogens is 622 g/mol. The molecule has 2 aliphatic carbocycles. The van der Waals surface area contributed by atoms with E-state index in [1.807, 2.05) is 0 Å². The molecule has 1 aromatic rings. The molecule has 3 rings (SSSR count). The van der Waals surface area contributed by atoms with E-state index in [1.54, 1.807) is 0 Å². The van der Waals surface area contributed by atoms with Crippen LogP contribution in [0.2, 0.25) is 0 Å². The van der Waals surface area contributed by atoms with Crippen molar-refractivity contribution in [1.82, 2.24) is 0 Å². The topological polar surface area (TPSA) is 52.6 Å². The Hall–Kier alpha value is -4.86. The molecule has 0 N–H and O–H groups in total. The molecule has 0 spiro atoms. The average Bonchev–Trinajstić information content (AvgIpc) is 3.01. The largest absolute Gasteiger partial charge is 0.431 e. The second kappa shape index (κ2) is 17.2. The molecular formula is C37H34F6O4. The smallest absolute Gasteiger partial charge is 0.311 e. The Balaban J connectivity index is 1.35. The number of hydrogen-bond donors (Lipinski definition) is 0. The molecule has 0 atom stereocenters. The minimum Gasteiger partial charge on any atom is -0.431 e. The zero-order valence-corrected chi connectivity index (χ0v) is 25.7. The summed E-state index contributed by atoms with van der Waals surface area (Å²) in [6.45, 7) is 14.6. The van der Waals surface area contributed by atoms with Gasteiger partial charge in [-0.15, -0.1) is 0 Å². The van der Waals surface area contributed by atoms with Crippen LogP contribution in [0.3, 0.4) is 0 Å². The highest BCUT2D eigenvalue weighted by molar-refractivity contribution is 5.73. The number of benzene rings is 1. The number of carbonyl (C=O) groups is 2. The van der Waals surface area contributed by atoms with Crippen molar-refractivity contribution >= 4 is 17.5 Å². The van der Waals surface area contributed by atoms with Crippen LogP contribution in [-0.2, 0) is 19.1 Å². The van der Waals surface area contributed by atoms with Gasteiger partial charge in [0, 0.05) is 43.4 Å². The summed E-state index contributed by atoms with van der Waals surface area (Å²) in [6, 6.07) is 3.28. The van der Waals surface area contributed by atoms with Gasteiger partial charge in [0.15, 0.2) is 17.5 Å². The maximum absolute atomic E-state index is 14.6. The SMILES string of the molecule is C=C(/C=C(/F)C(=C)C(=C)/C=C\C(=C)c1ccc(F)c(F)c1)OC(=O)CCCCCC(=O)OC1=CC(F)=C(C2=CC(F)=C(F)CC2)CC1. The van der Waals surface area contributed by atoms with Crippen molar-refractivity contribution in [3.63, 3.8) is 0 Å². The van der Waals surface area contributed by atoms with E-state index in [1.165, 1.54) is 18.2 Å². The van der Waals surface area contributed by atoms with Gasteiger partial charge in [0.25, 0.3) is 0 Å². The molecule has 10 heteroatoms. The fourth-order valence-electron chi connectivity index (χ4n) is 4.58. The Morgan fingerprint density at radius 2 is 1.49 bits per heavy atom. The maximum Gasteiger partial charge on any atom is 0.311 e. The fourth-order valence-corrected chi connectivity index (χ4v) is 4.58. The summed E-state index contributed by atoms with van der Waals surface area (Å²) in [5.74, 6) is -6.74. The molecule has 2 aliphatic rings. The first-order chi connectivity index (χ1) is 22.2. The summed E-state index contributed by atoms with van der Waals surface area (Å²) < 4.78 is 92.9. The van der Waals surface area contributed by atoms with E-state index in [9.17, 15) is 35.9 Å². The molecule has 0 unspecified atom stereocenters. The third-order valence-electron chi connectivity index (χ3n) is 7.25. The van der Waals surface area contributed by atoms with Crippen LogP contribution in [0.15, 0.2) is 132 Å². The Kier molecular flexibility index (Phi) is 13.4. The molecule has 1 aromatic carbocycles. The lowest BCUT2D eigenvalue weighted by molar-refractivity contribution is -0.140. The summed E-state index contributed by atoms with van der Waals surface area (Å²) in [5, 5.41) is 0. The first-order valence-electron chi connectivity index (χ1n) is 14.8. The van der Waals surface area contributed by atoms with Crippen LogP contribution in [0.1, 0.15) is 63.4 Å². The van der Waals surface area contributed by atoms with E-state index in [0.717, 1.165) is 30.4 Å². The number of rotatable bonds is 15. The van der Waals surface area contributed by atoms with Gasteiger partial charge >= 0.3 is 11.9 Å². The predicted molar refractivity (Wildman–Crippen MR) is 168 cm³/mol. The van der Waals surface area contributed by atoms with Crippen molar-refractivity contribution in [2.24, 2.45) is 0 Å². The summed E-state index contributed by atoms with van der Waals surface area (Å²) >= 11 is 0. The molecule has 248 valence electrons. The van der Waals surface area contributed by atoms with Crippen molar-refractivity contribution in [2.75, 3.05) is 0 Å². The maximum atomic E-state index is 14.6. The molecule has 0 aliphatic heterocycles. The van der Waals surface area contributed by atoms with Crippen LogP contribution >= 0.6 is 0 Å². The van der Waals surface area contributed by atoms with Gasteiger partial charge in [0.1, 0.15) is 29.0 Å². The van der Waals surface area contributed by atoms with Gasteiger partial charge in [0.2, 0.25) is 0 Å². The highest BCUT2D eigenvalue weighted by atomic mass is 19.2. The predicted octanol–water partition coefficient (Wildman–Crippen LogP) is 10.8. The highest BCUT2D eigenvalue weighted by Crippen LogP contribution is 2.37. The normalized spacial score (nSPS) is 15.3. The average molecular weight is 657 g/mol. The van der Waals surface area contributed by atoms with Gasteiger partial charge in [-0.05, 0) is 71.7 Å². The number of allylic oxidation sites excluding steroid dienone is 15. The molecule has 0 amide bonds. The summed E-state index contributed by atoms with van der Waals surface area (Å²) in [7, 11) is 0. The van der Waals surface area contributed by atoms with Crippen molar-refractivity contribution < 1.29 is 45.4 Å². The molecule has 0 aromatic heterocycles. The highest BCUT2D eigenvalue weighted by Gasteiger charge is 2.23. The van der Waals surface area contributed by atoms with Crippen molar-refractivity contribution in [2.45, 2.75) is 57.8 Å². The molecule has 0 bridgehead atoms. The molecule has 0 radical (unpaired) electrons. The van der Waals surface area contributed by atoms with E-state index in [-0.39, 0.29) is 66.8 Å². The molecule has 0 saturated carbocycles. The monoisotopic (exact) mass is 656 g/mol. The standard InChI is InChI=1S/C37H34F6O4/c1-22(10-11-23(2)26-12-16-30(38)34(42)19-26)25(4)32(40)18-24(3)46-36(44)8-6-5-7-9-37(45)47-28-14-15-29(33(41)21-28)27-13-17-31(39)35(43)20-27/h10-12,16,18-21H,1-9,13-15,17H2/b11-10-,32-18+. The van der Waals surface area contributed by atoms with Gasteiger partial charge in [-0.1, -0.05) is 51.0 Å². The van der Waals surface area contributed by atoms with Crippen LogP contribution in [-0.4, -0.2) is 11.9 Å². The third kappa shape index (κ3) is 11.2. The minimum atomic E-state index is -1.03. The Morgan fingerprint density at radius 1 is 0.787 bits per heavy atom. The number of ether oxygens (including phenoxy) is 2. The van der Waals surface area contributed by atoms with Gasteiger partial charge in [-0.2, -0.15) is 0 Å². The second-order valence-electron chi connectivity index (χ2n) is 10.8. The Labute approximate surface area is 269 Å². The van der Waals surface area contributed by atoms with Crippen molar-refractivity contribution in [3.8, 4) is 0 Å². The molecule has 0 saturated heterocycles. The Bertz CT molecular complexity index is 1670. The number of unbranched alkanes of at least 4 members (excludes halogenated alkanes) is 2. The summed E-state index contributed by atoms with van der Waals surface area (Å²) in [5.41, 5.74) is 1.33. The van der Waals surface area contributed by atoms with E-state index >= 15 is 0 Å². The van der Waals surface area contributed by atoms with E-state index in [0.29, 0.717) is 36.0 Å². The molecule has 4 nitrogen and oxygen atoms in total. The number of esters is 2. The van der Waals surface area contributed by atoms with Crippen LogP contribution < -0.4 is 0 Å². The van der Waals surface area contributed by atoms with Gasteiger partial charge < -0.3 is 9.47 Å². The fraction of sp³-hybridized carbons (Fsp3) is 0.243. The molecule has 47 heavy (non-hydrogen) atoms. The Morgan fingerprint density at radius 3 is 2.15 bits per heavy atom. The van der Waals surface area contributed by atoms with E-state index < -0.39 is 46.9 Å². The molecule has 0 fully saturated rings. The zero-order chi connectivity index (χ0) is 34.7. The lowest BCUT2D eigenvalue weighted by atomic mass is 9.90. The first-order valence-corrected chi connectivity index (χ1v) is 14.8. The summed E-state index contributed by atoms with van der Waals surface area (Å²) in [4.78, 5) is 24.3. The van der Waals surface area contributed by atoms with Crippen LogP contribution in [0.4, 0.5) is 26.3 Å². The van der Waals surface area contributed by atoms with Crippen LogP contribution in [0, 0.1) is 11.6 Å². The summed E-state index contributed by atoms with van der Waals surface area (Å²) in [6.07, 6.45) is 7.51. The van der Waals surface area contributed by atoms with Gasteiger partial charge in [0.05, 0.1) is 0 Å². The van der Waals surface area contributed by atoms with E-state index in [2.05, 4.69) is 26.3 Å². The lowest BCUT2D eigenvalue weighted by Gasteiger charge is -2.20. The molecule has 0 heterocycles. The quantitative estimate of drug-likeness (QED) is 0.0620. The third-order valence-corrected chi connectivity index (χ3v) is 7.25. The van der Waals surface area contributed by atoms with Crippen LogP contribution in [0.25, 0.3) is 5.57 Å². The zero-order valence-electron chi connectivity index (χ0n) is 25.7. The minimum absolute atomic E-state index is 0.0223. The number of carbonyl (C=O) groups excluding carboxylic acids is 2. The van der Waals surface area contributed by atoms with E-state index in [4.69, 9.17) is 9.47 Å².